The van der Waals surface area contributed by atoms with Crippen LogP contribution in [0.3, 0.4) is 0 Å². The van der Waals surface area contributed by atoms with Crippen molar-refractivity contribution in [2.45, 2.75) is 45.7 Å². The summed E-state index contributed by atoms with van der Waals surface area (Å²) in [5, 5.41) is 3.26. The van der Waals surface area contributed by atoms with Gasteiger partial charge in [0.05, 0.1) is 6.54 Å². The van der Waals surface area contributed by atoms with Crippen LogP contribution in [-0.2, 0) is 24.3 Å². The molecule has 0 radical (unpaired) electrons. The standard InChI is InChI=1S/C22H30N6O/c1-2-3-8-24-22-25-20(23)19-12-18(29)15-28(21(19)26-22)14-17-7-4-6-16(11-17)13-27-9-5-10-27/h4,6-7,11H,2-3,5,8-10,12-15H2,1H3,(H3,23,24,25,26). The van der Waals surface area contributed by atoms with Crippen molar-refractivity contribution in [3.63, 3.8) is 0 Å². The highest BCUT2D eigenvalue weighted by Crippen LogP contribution is 2.30. The summed E-state index contributed by atoms with van der Waals surface area (Å²) in [5.74, 6) is 1.87. The first-order chi connectivity index (χ1) is 14.1. The number of fused-ring (bicyclic) bond motifs is 1. The zero-order valence-electron chi connectivity index (χ0n) is 17.2. The van der Waals surface area contributed by atoms with Gasteiger partial charge in [0, 0.05) is 31.6 Å². The van der Waals surface area contributed by atoms with Gasteiger partial charge in [0.2, 0.25) is 5.95 Å². The molecule has 2 aromatic rings. The lowest BCUT2D eigenvalue weighted by molar-refractivity contribution is -0.117. The van der Waals surface area contributed by atoms with Crippen molar-refractivity contribution in [1.82, 2.24) is 14.9 Å². The molecule has 2 aliphatic rings. The molecule has 29 heavy (non-hydrogen) atoms. The third-order valence-corrected chi connectivity index (χ3v) is 5.59. The quantitative estimate of drug-likeness (QED) is 0.666. The van der Waals surface area contributed by atoms with Crippen molar-refractivity contribution in [2.75, 3.05) is 42.1 Å². The van der Waals surface area contributed by atoms with Crippen LogP contribution >= 0.6 is 0 Å². The highest BCUT2D eigenvalue weighted by molar-refractivity contribution is 5.91. The average molecular weight is 395 g/mol. The number of nitrogens with zero attached hydrogens (tertiary/aromatic N) is 4. The number of anilines is 3. The fourth-order valence-corrected chi connectivity index (χ4v) is 3.89. The molecular formula is C22H30N6O. The topological polar surface area (TPSA) is 87.4 Å². The van der Waals surface area contributed by atoms with E-state index in [1.165, 1.54) is 30.6 Å². The number of hydrogen-bond donors (Lipinski definition) is 2. The van der Waals surface area contributed by atoms with E-state index in [1.54, 1.807) is 0 Å². The molecule has 0 aliphatic carbocycles. The molecule has 3 N–H and O–H groups in total. The zero-order chi connectivity index (χ0) is 20.2. The predicted octanol–water partition coefficient (Wildman–Crippen LogP) is 2.61. The molecule has 0 bridgehead atoms. The summed E-state index contributed by atoms with van der Waals surface area (Å²) in [6.07, 6.45) is 3.75. The van der Waals surface area contributed by atoms with E-state index in [1.807, 2.05) is 4.90 Å². The summed E-state index contributed by atoms with van der Waals surface area (Å²) in [4.78, 5) is 25.9. The van der Waals surface area contributed by atoms with Crippen molar-refractivity contribution in [1.29, 1.82) is 0 Å². The van der Waals surface area contributed by atoms with Crippen molar-refractivity contribution in [3.05, 3.63) is 41.0 Å². The highest BCUT2D eigenvalue weighted by atomic mass is 16.1. The Balaban J connectivity index is 1.55. The van der Waals surface area contributed by atoms with E-state index in [2.05, 4.69) is 46.4 Å². The largest absolute Gasteiger partial charge is 0.383 e. The Morgan fingerprint density at radius 1 is 1.17 bits per heavy atom. The van der Waals surface area contributed by atoms with Crippen LogP contribution in [0.25, 0.3) is 0 Å². The molecule has 7 nitrogen and oxygen atoms in total. The lowest BCUT2D eigenvalue weighted by Crippen LogP contribution is -2.37. The first-order valence-corrected chi connectivity index (χ1v) is 10.6. The maximum atomic E-state index is 12.4. The zero-order valence-corrected chi connectivity index (χ0v) is 17.2. The molecule has 0 unspecified atom stereocenters. The van der Waals surface area contributed by atoms with Crippen LogP contribution in [-0.4, -0.2) is 46.8 Å². The van der Waals surface area contributed by atoms with Gasteiger partial charge >= 0.3 is 0 Å². The van der Waals surface area contributed by atoms with Crippen molar-refractivity contribution in [2.24, 2.45) is 0 Å². The van der Waals surface area contributed by atoms with Crippen LogP contribution in [0.2, 0.25) is 0 Å². The molecule has 1 aromatic carbocycles. The number of unbranched alkanes of at least 4 members (excludes halogenated alkanes) is 1. The molecular weight excluding hydrogens is 364 g/mol. The number of likely N-dealkylation sites (tertiary alicyclic amines) is 1. The SMILES string of the molecule is CCCCNc1nc(N)c2c(n1)N(Cc1cccc(CN3CCC3)c1)CC(=O)C2. The molecule has 4 rings (SSSR count). The Bertz CT molecular complexity index is 880. The van der Waals surface area contributed by atoms with Gasteiger partial charge < -0.3 is 16.0 Å². The molecule has 1 aromatic heterocycles. The summed E-state index contributed by atoms with van der Waals surface area (Å²) < 4.78 is 0. The Kier molecular flexibility index (Phi) is 5.94. The highest BCUT2D eigenvalue weighted by Gasteiger charge is 2.27. The van der Waals surface area contributed by atoms with Crippen LogP contribution in [0.1, 0.15) is 42.9 Å². The van der Waals surface area contributed by atoms with Crippen LogP contribution in [0.15, 0.2) is 24.3 Å². The second kappa shape index (κ2) is 8.78. The Morgan fingerprint density at radius 2 is 1.97 bits per heavy atom. The molecule has 3 heterocycles. The van der Waals surface area contributed by atoms with Crippen molar-refractivity contribution in [3.8, 4) is 0 Å². The first-order valence-electron chi connectivity index (χ1n) is 10.6. The molecule has 0 amide bonds. The Hall–Kier alpha value is -2.67. The smallest absolute Gasteiger partial charge is 0.226 e. The molecule has 7 heteroatoms. The summed E-state index contributed by atoms with van der Waals surface area (Å²) in [6, 6.07) is 8.63. The number of benzene rings is 1. The minimum atomic E-state index is 0.149. The molecule has 2 aliphatic heterocycles. The van der Waals surface area contributed by atoms with Crippen LogP contribution in [0, 0.1) is 0 Å². The minimum absolute atomic E-state index is 0.149. The van der Waals surface area contributed by atoms with E-state index in [9.17, 15) is 4.79 Å². The minimum Gasteiger partial charge on any atom is -0.383 e. The summed E-state index contributed by atoms with van der Waals surface area (Å²) in [5.41, 5.74) is 9.43. The lowest BCUT2D eigenvalue weighted by Gasteiger charge is -2.31. The normalized spacial score (nSPS) is 16.4. The molecule has 1 saturated heterocycles. The van der Waals surface area contributed by atoms with E-state index in [-0.39, 0.29) is 5.78 Å². The van der Waals surface area contributed by atoms with Crippen LogP contribution in [0.4, 0.5) is 17.6 Å². The van der Waals surface area contributed by atoms with E-state index in [4.69, 9.17) is 10.7 Å². The fraction of sp³-hybridized carbons (Fsp3) is 0.500. The van der Waals surface area contributed by atoms with Crippen LogP contribution in [0.5, 0.6) is 0 Å². The summed E-state index contributed by atoms with van der Waals surface area (Å²) >= 11 is 0. The summed E-state index contributed by atoms with van der Waals surface area (Å²) in [6.45, 7) is 7.31. The number of hydrogen-bond acceptors (Lipinski definition) is 7. The van der Waals surface area contributed by atoms with Gasteiger partial charge in [-0.1, -0.05) is 37.6 Å². The van der Waals surface area contributed by atoms with E-state index < -0.39 is 0 Å². The molecule has 1 fully saturated rings. The number of rotatable bonds is 8. The van der Waals surface area contributed by atoms with Gasteiger partial charge in [-0.05, 0) is 37.1 Å². The maximum absolute atomic E-state index is 12.4. The van der Waals surface area contributed by atoms with Gasteiger partial charge in [-0.25, -0.2) is 0 Å². The Labute approximate surface area is 172 Å². The average Bonchev–Trinajstić information content (AvgIpc) is 2.66. The van der Waals surface area contributed by atoms with Gasteiger partial charge in [-0.2, -0.15) is 9.97 Å². The van der Waals surface area contributed by atoms with E-state index >= 15 is 0 Å². The lowest BCUT2D eigenvalue weighted by atomic mass is 10.0. The molecule has 0 atom stereocenters. The number of ketones is 1. The third-order valence-electron chi connectivity index (χ3n) is 5.59. The van der Waals surface area contributed by atoms with Gasteiger partial charge in [0.25, 0.3) is 0 Å². The van der Waals surface area contributed by atoms with Gasteiger partial charge in [-0.15, -0.1) is 0 Å². The van der Waals surface area contributed by atoms with Gasteiger partial charge in [0.1, 0.15) is 11.6 Å². The maximum Gasteiger partial charge on any atom is 0.226 e. The van der Waals surface area contributed by atoms with Crippen molar-refractivity contribution >= 4 is 23.4 Å². The summed E-state index contributed by atoms with van der Waals surface area (Å²) in [7, 11) is 0. The monoisotopic (exact) mass is 394 g/mol. The van der Waals surface area contributed by atoms with Gasteiger partial charge in [0.15, 0.2) is 5.78 Å². The van der Waals surface area contributed by atoms with Crippen molar-refractivity contribution < 1.29 is 4.79 Å². The number of carbonyl (C=O) groups excluding carboxylic acids is 1. The fourth-order valence-electron chi connectivity index (χ4n) is 3.89. The second-order valence-corrected chi connectivity index (χ2v) is 8.04. The predicted molar refractivity (Wildman–Crippen MR) is 116 cm³/mol. The Morgan fingerprint density at radius 3 is 2.69 bits per heavy atom. The van der Waals surface area contributed by atoms with Crippen LogP contribution < -0.4 is 16.0 Å². The molecule has 154 valence electrons. The molecule has 0 spiro atoms. The second-order valence-electron chi connectivity index (χ2n) is 8.04. The first kappa shape index (κ1) is 19.6. The number of aromatic nitrogens is 2. The number of Topliss-reactive ketones (excluding diaryl/α,β-unsaturated/α-hetero) is 1. The van der Waals surface area contributed by atoms with Gasteiger partial charge in [-0.3, -0.25) is 9.69 Å². The third kappa shape index (κ3) is 4.67. The number of nitrogens with one attached hydrogen (secondary N) is 1. The number of carbonyl (C=O) groups is 1. The van der Waals surface area contributed by atoms with E-state index in [0.29, 0.717) is 31.3 Å². The van der Waals surface area contributed by atoms with E-state index in [0.717, 1.165) is 37.3 Å². The molecule has 0 saturated carbocycles. The number of nitrogen functional groups attached to an aromatic ring is 1. The number of nitrogens with two attached hydrogens (primary N) is 1.